The van der Waals surface area contributed by atoms with E-state index in [0.717, 1.165) is 0 Å². The van der Waals surface area contributed by atoms with Crippen LogP contribution in [0.5, 0.6) is 5.75 Å². The average molecular weight is 251 g/mol. The second kappa shape index (κ2) is 5.53. The van der Waals surface area contributed by atoms with Crippen LogP contribution in [0.2, 0.25) is 0 Å². The topological polar surface area (TPSA) is 66.8 Å². The second-order valence-corrected chi connectivity index (χ2v) is 4.28. The number of carbonyl (C=O) groups is 2. The Labute approximate surface area is 106 Å². The molecule has 18 heavy (non-hydrogen) atoms. The van der Waals surface area contributed by atoms with Gasteiger partial charge in [0.25, 0.3) is 5.91 Å². The molecule has 0 fully saturated rings. The van der Waals surface area contributed by atoms with Gasteiger partial charge in [0.2, 0.25) is 0 Å². The number of hydrogen-bond acceptors (Lipinski definition) is 3. The number of likely N-dealkylation sites (N-methyl/N-ethyl adjacent to an activating group) is 1. The molecule has 0 aliphatic heterocycles. The van der Waals surface area contributed by atoms with Gasteiger partial charge in [-0.15, -0.1) is 0 Å². The largest absolute Gasteiger partial charge is 0.481 e. The van der Waals surface area contributed by atoms with Crippen molar-refractivity contribution in [3.05, 3.63) is 29.3 Å². The number of nitrogens with zero attached hydrogens (tertiary/aromatic N) is 1. The van der Waals surface area contributed by atoms with Gasteiger partial charge in [0, 0.05) is 14.1 Å². The van der Waals surface area contributed by atoms with Gasteiger partial charge in [0.1, 0.15) is 5.75 Å². The van der Waals surface area contributed by atoms with E-state index in [4.69, 9.17) is 9.84 Å². The summed E-state index contributed by atoms with van der Waals surface area (Å²) in [5, 5.41) is 8.84. The first-order chi connectivity index (χ1) is 8.32. The van der Waals surface area contributed by atoms with Crippen LogP contribution in [-0.2, 0) is 4.79 Å². The van der Waals surface area contributed by atoms with Crippen molar-refractivity contribution in [3.63, 3.8) is 0 Å². The maximum Gasteiger partial charge on any atom is 0.335 e. The van der Waals surface area contributed by atoms with Crippen LogP contribution in [0.15, 0.2) is 18.2 Å². The number of benzene rings is 1. The molecule has 98 valence electrons. The lowest BCUT2D eigenvalue weighted by Crippen LogP contribution is -2.35. The fourth-order valence-electron chi connectivity index (χ4n) is 1.52. The third kappa shape index (κ3) is 3.23. The molecule has 1 unspecified atom stereocenters. The summed E-state index contributed by atoms with van der Waals surface area (Å²) in [5.74, 6) is -0.610. The first-order valence-corrected chi connectivity index (χ1v) is 5.54. The molecule has 1 rings (SSSR count). The number of rotatable bonds is 4. The lowest BCUT2D eigenvalue weighted by atomic mass is 10.1. The highest BCUT2D eigenvalue weighted by Crippen LogP contribution is 2.20. The normalized spacial score (nSPS) is 11.8. The lowest BCUT2D eigenvalue weighted by molar-refractivity contribution is -0.135. The second-order valence-electron chi connectivity index (χ2n) is 4.28. The summed E-state index contributed by atoms with van der Waals surface area (Å²) in [7, 11) is 3.31. The van der Waals surface area contributed by atoms with Gasteiger partial charge < -0.3 is 14.7 Å². The predicted molar refractivity (Wildman–Crippen MR) is 66.9 cm³/mol. The predicted octanol–water partition coefficient (Wildman–Crippen LogP) is 1.55. The van der Waals surface area contributed by atoms with Gasteiger partial charge in [0.15, 0.2) is 6.10 Å². The van der Waals surface area contributed by atoms with Crippen LogP contribution in [-0.4, -0.2) is 42.1 Å². The molecule has 0 saturated heterocycles. The van der Waals surface area contributed by atoms with Crippen molar-refractivity contribution in [2.24, 2.45) is 0 Å². The molecule has 5 nitrogen and oxygen atoms in total. The van der Waals surface area contributed by atoms with E-state index in [1.807, 2.05) is 0 Å². The molecule has 0 aliphatic carbocycles. The number of carbonyl (C=O) groups excluding carboxylic acids is 1. The van der Waals surface area contributed by atoms with E-state index in [1.165, 1.54) is 17.0 Å². The Morgan fingerprint density at radius 3 is 2.39 bits per heavy atom. The zero-order valence-electron chi connectivity index (χ0n) is 10.9. The number of ether oxygens (including phenoxy) is 1. The molecule has 1 atom stereocenters. The van der Waals surface area contributed by atoms with Crippen molar-refractivity contribution >= 4 is 11.9 Å². The lowest BCUT2D eigenvalue weighted by Gasteiger charge is -2.19. The number of carboxylic acid groups (broad SMARTS) is 1. The van der Waals surface area contributed by atoms with Crippen LogP contribution in [0.25, 0.3) is 0 Å². The fraction of sp³-hybridized carbons (Fsp3) is 0.385. The molecule has 0 saturated carbocycles. The van der Waals surface area contributed by atoms with Crippen molar-refractivity contribution < 1.29 is 19.4 Å². The Balaban J connectivity index is 2.86. The van der Waals surface area contributed by atoms with E-state index in [-0.39, 0.29) is 11.5 Å². The van der Waals surface area contributed by atoms with Crippen LogP contribution in [0.4, 0.5) is 0 Å². The number of carboxylic acids is 1. The first kappa shape index (κ1) is 14.0. The smallest absolute Gasteiger partial charge is 0.335 e. The average Bonchev–Trinajstić information content (AvgIpc) is 2.30. The number of aromatic carboxylic acids is 1. The van der Waals surface area contributed by atoms with Gasteiger partial charge in [-0.2, -0.15) is 0 Å². The van der Waals surface area contributed by atoms with Crippen LogP contribution in [0.3, 0.4) is 0 Å². The highest BCUT2D eigenvalue weighted by Gasteiger charge is 2.17. The van der Waals surface area contributed by atoms with Gasteiger partial charge in [-0.1, -0.05) is 0 Å². The maximum absolute atomic E-state index is 11.6. The van der Waals surface area contributed by atoms with Crippen molar-refractivity contribution in [1.82, 2.24) is 4.90 Å². The summed E-state index contributed by atoms with van der Waals surface area (Å²) in [4.78, 5) is 23.9. The van der Waals surface area contributed by atoms with Crippen molar-refractivity contribution in [2.45, 2.75) is 20.0 Å². The summed E-state index contributed by atoms with van der Waals surface area (Å²) in [6.07, 6.45) is -0.602. The van der Waals surface area contributed by atoms with E-state index in [1.54, 1.807) is 34.0 Å². The first-order valence-electron chi connectivity index (χ1n) is 5.54. The van der Waals surface area contributed by atoms with E-state index in [9.17, 15) is 9.59 Å². The van der Waals surface area contributed by atoms with Gasteiger partial charge in [-0.05, 0) is 37.6 Å². The molecule has 0 aromatic heterocycles. The van der Waals surface area contributed by atoms with E-state index in [2.05, 4.69) is 0 Å². The Bertz CT molecular complexity index is 468. The third-order valence-electron chi connectivity index (χ3n) is 2.51. The molecule has 0 heterocycles. The number of hydrogen-bond donors (Lipinski definition) is 1. The summed E-state index contributed by atoms with van der Waals surface area (Å²) >= 11 is 0. The van der Waals surface area contributed by atoms with Gasteiger partial charge in [0.05, 0.1) is 5.56 Å². The standard InChI is InChI=1S/C13H17NO4/c1-8-7-10(13(16)17)5-6-11(8)18-9(2)12(15)14(3)4/h5-7,9H,1-4H3,(H,16,17). The Morgan fingerprint density at radius 2 is 1.94 bits per heavy atom. The van der Waals surface area contributed by atoms with Gasteiger partial charge in [-0.25, -0.2) is 4.79 Å². The Morgan fingerprint density at radius 1 is 1.33 bits per heavy atom. The Hall–Kier alpha value is -2.04. The molecule has 0 spiro atoms. The van der Waals surface area contributed by atoms with Gasteiger partial charge in [-0.3, -0.25) is 4.79 Å². The zero-order chi connectivity index (χ0) is 13.9. The summed E-state index contributed by atoms with van der Waals surface area (Å²) in [6, 6.07) is 4.54. The van der Waals surface area contributed by atoms with Crippen molar-refractivity contribution in [2.75, 3.05) is 14.1 Å². The minimum absolute atomic E-state index is 0.142. The molecule has 1 amide bonds. The molecule has 1 N–H and O–H groups in total. The zero-order valence-corrected chi connectivity index (χ0v) is 10.9. The van der Waals surface area contributed by atoms with Crippen LogP contribution >= 0.6 is 0 Å². The van der Waals surface area contributed by atoms with Crippen LogP contribution in [0.1, 0.15) is 22.8 Å². The minimum atomic E-state index is -0.984. The molecular weight excluding hydrogens is 234 g/mol. The number of aryl methyl sites for hydroxylation is 1. The highest BCUT2D eigenvalue weighted by molar-refractivity contribution is 5.88. The van der Waals surface area contributed by atoms with Crippen LogP contribution < -0.4 is 4.74 Å². The van der Waals surface area contributed by atoms with E-state index in [0.29, 0.717) is 11.3 Å². The van der Waals surface area contributed by atoms with E-state index >= 15 is 0 Å². The molecule has 0 radical (unpaired) electrons. The summed E-state index contributed by atoms with van der Waals surface area (Å²) in [5.41, 5.74) is 0.889. The Kier molecular flexibility index (Phi) is 4.31. The van der Waals surface area contributed by atoms with Crippen LogP contribution in [0, 0.1) is 6.92 Å². The van der Waals surface area contributed by atoms with Crippen molar-refractivity contribution in [3.8, 4) is 5.75 Å². The number of amides is 1. The molecule has 1 aromatic rings. The SMILES string of the molecule is Cc1cc(C(=O)O)ccc1OC(C)C(=O)N(C)C. The minimum Gasteiger partial charge on any atom is -0.481 e. The van der Waals surface area contributed by atoms with Gasteiger partial charge >= 0.3 is 5.97 Å². The third-order valence-corrected chi connectivity index (χ3v) is 2.51. The maximum atomic E-state index is 11.6. The molecular formula is C13H17NO4. The molecule has 1 aromatic carbocycles. The molecule has 5 heteroatoms. The van der Waals surface area contributed by atoms with Crippen molar-refractivity contribution in [1.29, 1.82) is 0 Å². The van der Waals surface area contributed by atoms with E-state index < -0.39 is 12.1 Å². The monoisotopic (exact) mass is 251 g/mol. The molecule has 0 aliphatic rings. The quantitative estimate of drug-likeness (QED) is 0.881. The summed E-state index contributed by atoms with van der Waals surface area (Å²) < 4.78 is 5.52. The summed E-state index contributed by atoms with van der Waals surface area (Å²) in [6.45, 7) is 3.40. The fourth-order valence-corrected chi connectivity index (χ4v) is 1.52. The molecule has 0 bridgehead atoms. The highest BCUT2D eigenvalue weighted by atomic mass is 16.5.